The van der Waals surface area contributed by atoms with Crippen molar-refractivity contribution in [3.63, 3.8) is 0 Å². The lowest BCUT2D eigenvalue weighted by molar-refractivity contribution is -0.0499. The maximum atomic E-state index is 12.3. The van der Waals surface area contributed by atoms with Crippen LogP contribution in [-0.4, -0.2) is 26.5 Å². The molecular formula is C25H19F3O5S. The van der Waals surface area contributed by atoms with Crippen molar-refractivity contribution in [3.8, 4) is 5.75 Å². The van der Waals surface area contributed by atoms with Gasteiger partial charge in [0.15, 0.2) is 18.3 Å². The van der Waals surface area contributed by atoms with E-state index in [0.29, 0.717) is 11.7 Å². The smallest absolute Gasteiger partial charge is 0.375 e. The SMILES string of the molecule is CCc1cc(C=O)c2ccccc2c1.O=Cc1ccc(OS(=O)(=O)C(F)(F)F)c2ccccc12. The van der Waals surface area contributed by atoms with Gasteiger partial charge in [-0.1, -0.05) is 61.5 Å². The first-order valence-corrected chi connectivity index (χ1v) is 11.5. The Balaban J connectivity index is 0.000000202. The molecule has 0 aliphatic carbocycles. The first-order chi connectivity index (χ1) is 16.1. The highest BCUT2D eigenvalue weighted by molar-refractivity contribution is 7.88. The molecule has 34 heavy (non-hydrogen) atoms. The molecule has 0 radical (unpaired) electrons. The number of carbonyl (C=O) groups excluding carboxylic acids is 2. The Bertz CT molecular complexity index is 1460. The van der Waals surface area contributed by atoms with Crippen LogP contribution in [0.1, 0.15) is 33.2 Å². The van der Waals surface area contributed by atoms with E-state index in [1.807, 2.05) is 30.3 Å². The molecule has 0 fully saturated rings. The average molecular weight is 488 g/mol. The van der Waals surface area contributed by atoms with Gasteiger partial charge in [0.05, 0.1) is 0 Å². The molecule has 0 bridgehead atoms. The number of aryl methyl sites for hydroxylation is 1. The minimum Gasteiger partial charge on any atom is -0.375 e. The monoisotopic (exact) mass is 488 g/mol. The zero-order chi connectivity index (χ0) is 24.9. The van der Waals surface area contributed by atoms with Gasteiger partial charge in [-0.15, -0.1) is 0 Å². The van der Waals surface area contributed by atoms with Crippen LogP contribution in [-0.2, 0) is 16.5 Å². The molecule has 0 saturated heterocycles. The van der Waals surface area contributed by atoms with Gasteiger partial charge in [-0.2, -0.15) is 21.6 Å². The van der Waals surface area contributed by atoms with Crippen molar-refractivity contribution in [1.82, 2.24) is 0 Å². The van der Waals surface area contributed by atoms with E-state index in [0.717, 1.165) is 35.1 Å². The molecule has 4 rings (SSSR count). The summed E-state index contributed by atoms with van der Waals surface area (Å²) in [5.74, 6) is -0.483. The van der Waals surface area contributed by atoms with Crippen LogP contribution < -0.4 is 4.18 Å². The van der Waals surface area contributed by atoms with Crippen molar-refractivity contribution in [2.75, 3.05) is 0 Å². The third-order valence-electron chi connectivity index (χ3n) is 5.02. The summed E-state index contributed by atoms with van der Waals surface area (Å²) in [6.45, 7) is 2.10. The van der Waals surface area contributed by atoms with Crippen molar-refractivity contribution < 1.29 is 35.4 Å². The Labute approximate surface area is 193 Å². The van der Waals surface area contributed by atoms with E-state index in [-0.39, 0.29) is 10.9 Å². The van der Waals surface area contributed by atoms with E-state index < -0.39 is 21.4 Å². The molecule has 0 N–H and O–H groups in total. The normalized spacial score (nSPS) is 11.5. The van der Waals surface area contributed by atoms with E-state index in [1.54, 1.807) is 6.07 Å². The fourth-order valence-corrected chi connectivity index (χ4v) is 3.82. The van der Waals surface area contributed by atoms with Gasteiger partial charge in [0.1, 0.15) is 0 Å². The summed E-state index contributed by atoms with van der Waals surface area (Å²) in [6, 6.07) is 20.2. The van der Waals surface area contributed by atoms with Gasteiger partial charge in [-0.3, -0.25) is 9.59 Å². The predicted octanol–water partition coefficient (Wildman–Crippen LogP) is 6.10. The maximum absolute atomic E-state index is 12.3. The van der Waals surface area contributed by atoms with Crippen LogP contribution in [0, 0.1) is 0 Å². The second-order valence-corrected chi connectivity index (χ2v) is 8.71. The predicted molar refractivity (Wildman–Crippen MR) is 124 cm³/mol. The Hall–Kier alpha value is -3.72. The van der Waals surface area contributed by atoms with Crippen LogP contribution in [0.25, 0.3) is 21.5 Å². The van der Waals surface area contributed by atoms with E-state index in [1.165, 1.54) is 29.8 Å². The Morgan fingerprint density at radius 1 is 0.794 bits per heavy atom. The van der Waals surface area contributed by atoms with Crippen LogP contribution in [0.15, 0.2) is 72.8 Å². The number of carbonyl (C=O) groups is 2. The summed E-state index contributed by atoms with van der Waals surface area (Å²) in [4.78, 5) is 21.7. The minimum atomic E-state index is -5.75. The van der Waals surface area contributed by atoms with E-state index in [9.17, 15) is 31.2 Å². The van der Waals surface area contributed by atoms with Crippen LogP contribution in [0.5, 0.6) is 5.75 Å². The quantitative estimate of drug-likeness (QED) is 0.193. The number of benzene rings is 4. The average Bonchev–Trinajstić information content (AvgIpc) is 2.83. The van der Waals surface area contributed by atoms with Crippen molar-refractivity contribution in [1.29, 1.82) is 0 Å². The second kappa shape index (κ2) is 10.0. The summed E-state index contributed by atoms with van der Waals surface area (Å²) in [5, 5.41) is 2.59. The topological polar surface area (TPSA) is 77.5 Å². The highest BCUT2D eigenvalue weighted by Crippen LogP contribution is 2.32. The second-order valence-electron chi connectivity index (χ2n) is 7.18. The molecule has 0 aliphatic heterocycles. The standard InChI is InChI=1S/C13H12O.C12H7F3O4S/c1-2-10-7-11-5-3-4-6-13(11)12(8-10)9-14;13-12(14,15)20(17,18)19-11-6-5-8(7-16)9-3-1-2-4-10(9)11/h3-9H,2H2,1H3;1-7H. The van der Waals surface area contributed by atoms with Crippen molar-refractivity contribution in [2.24, 2.45) is 0 Å². The zero-order valence-electron chi connectivity index (χ0n) is 17.9. The van der Waals surface area contributed by atoms with Crippen molar-refractivity contribution in [3.05, 3.63) is 89.5 Å². The fraction of sp³-hybridized carbons (Fsp3) is 0.120. The van der Waals surface area contributed by atoms with Gasteiger partial charge < -0.3 is 4.18 Å². The number of hydrogen-bond donors (Lipinski definition) is 0. The van der Waals surface area contributed by atoms with Crippen LogP contribution in [0.4, 0.5) is 13.2 Å². The zero-order valence-corrected chi connectivity index (χ0v) is 18.7. The molecule has 0 aromatic heterocycles. The van der Waals surface area contributed by atoms with Crippen molar-refractivity contribution in [2.45, 2.75) is 18.9 Å². The molecule has 9 heteroatoms. The first-order valence-electron chi connectivity index (χ1n) is 10.1. The molecule has 0 spiro atoms. The number of aldehydes is 2. The summed E-state index contributed by atoms with van der Waals surface area (Å²) in [5.41, 5.74) is -3.29. The van der Waals surface area contributed by atoms with Crippen molar-refractivity contribution >= 4 is 44.2 Å². The first kappa shape index (κ1) is 24.9. The third-order valence-corrected chi connectivity index (χ3v) is 5.98. The number of rotatable bonds is 5. The van der Waals surface area contributed by atoms with E-state index in [2.05, 4.69) is 17.2 Å². The molecule has 0 heterocycles. The molecule has 0 saturated carbocycles. The molecule has 4 aromatic rings. The lowest BCUT2D eigenvalue weighted by Crippen LogP contribution is -2.28. The molecule has 0 amide bonds. The maximum Gasteiger partial charge on any atom is 0.534 e. The molecule has 0 unspecified atom stereocenters. The van der Waals surface area contributed by atoms with Gasteiger partial charge in [0.2, 0.25) is 0 Å². The van der Waals surface area contributed by atoms with Gasteiger partial charge in [0.25, 0.3) is 0 Å². The van der Waals surface area contributed by atoms with Crippen LogP contribution >= 0.6 is 0 Å². The fourth-order valence-electron chi connectivity index (χ4n) is 3.34. The molecule has 176 valence electrons. The highest BCUT2D eigenvalue weighted by Gasteiger charge is 2.48. The minimum absolute atomic E-state index is 0.102. The number of hydrogen-bond acceptors (Lipinski definition) is 5. The molecule has 0 aliphatic rings. The molecule has 5 nitrogen and oxygen atoms in total. The Morgan fingerprint density at radius 2 is 1.38 bits per heavy atom. The van der Waals surface area contributed by atoms with Gasteiger partial charge in [-0.05, 0) is 46.3 Å². The third kappa shape index (κ3) is 5.26. The molecule has 0 atom stereocenters. The summed E-state index contributed by atoms with van der Waals surface area (Å²) in [6.07, 6.45) is 2.41. The summed E-state index contributed by atoms with van der Waals surface area (Å²) >= 11 is 0. The number of halogens is 3. The summed E-state index contributed by atoms with van der Waals surface area (Å²) in [7, 11) is -5.75. The largest absolute Gasteiger partial charge is 0.534 e. The van der Waals surface area contributed by atoms with Crippen LogP contribution in [0.2, 0.25) is 0 Å². The lowest BCUT2D eigenvalue weighted by atomic mass is 10.0. The van der Waals surface area contributed by atoms with Gasteiger partial charge in [-0.25, -0.2) is 0 Å². The molecule has 4 aromatic carbocycles. The highest BCUT2D eigenvalue weighted by atomic mass is 32.2. The summed E-state index contributed by atoms with van der Waals surface area (Å²) < 4.78 is 63.0. The van der Waals surface area contributed by atoms with E-state index in [4.69, 9.17) is 0 Å². The number of alkyl halides is 3. The number of fused-ring (bicyclic) bond motifs is 2. The van der Waals surface area contributed by atoms with Crippen LogP contribution in [0.3, 0.4) is 0 Å². The lowest BCUT2D eigenvalue weighted by Gasteiger charge is -2.12. The van der Waals surface area contributed by atoms with Gasteiger partial charge in [0, 0.05) is 16.5 Å². The van der Waals surface area contributed by atoms with Gasteiger partial charge >= 0.3 is 15.6 Å². The Kier molecular flexibility index (Phi) is 7.36. The molecular weight excluding hydrogens is 469 g/mol. The Morgan fingerprint density at radius 3 is 1.97 bits per heavy atom. The van der Waals surface area contributed by atoms with E-state index >= 15 is 0 Å².